The predicted octanol–water partition coefficient (Wildman–Crippen LogP) is 2.56. The lowest BCUT2D eigenvalue weighted by Crippen LogP contribution is -2.34. The number of ether oxygens (including phenoxy) is 2. The number of nitrogens with one attached hydrogen (secondary N) is 1. The lowest BCUT2D eigenvalue weighted by atomic mass is 9.89. The first-order valence-electron chi connectivity index (χ1n) is 6.80. The zero-order valence-corrected chi connectivity index (χ0v) is 10.8. The largest absolute Gasteiger partial charge is 0.352 e. The van der Waals surface area contributed by atoms with Crippen LogP contribution in [0.3, 0.4) is 0 Å². The molecule has 0 aromatic rings. The van der Waals surface area contributed by atoms with Crippen LogP contribution in [0.2, 0.25) is 0 Å². The van der Waals surface area contributed by atoms with Crippen LogP contribution in [-0.4, -0.2) is 32.6 Å². The van der Waals surface area contributed by atoms with Gasteiger partial charge in [-0.2, -0.15) is 0 Å². The van der Waals surface area contributed by atoms with E-state index < -0.39 is 0 Å². The van der Waals surface area contributed by atoms with E-state index in [0.717, 1.165) is 32.2 Å². The Morgan fingerprint density at radius 3 is 2.25 bits per heavy atom. The van der Waals surface area contributed by atoms with Gasteiger partial charge in [-0.1, -0.05) is 19.3 Å². The molecule has 1 N–H and O–H groups in total. The first-order valence-corrected chi connectivity index (χ1v) is 6.80. The molecule has 0 amide bonds. The third-order valence-electron chi connectivity index (χ3n) is 3.17. The summed E-state index contributed by atoms with van der Waals surface area (Å²) in [7, 11) is 0. The van der Waals surface area contributed by atoms with Gasteiger partial charge in [0.15, 0.2) is 6.29 Å². The molecular weight excluding hydrogens is 202 g/mol. The van der Waals surface area contributed by atoms with Gasteiger partial charge in [-0.25, -0.2) is 0 Å². The average Bonchev–Trinajstić information content (AvgIpc) is 2.31. The van der Waals surface area contributed by atoms with Crippen molar-refractivity contribution in [1.29, 1.82) is 0 Å². The molecule has 1 fully saturated rings. The van der Waals surface area contributed by atoms with Crippen LogP contribution in [0.4, 0.5) is 0 Å². The van der Waals surface area contributed by atoms with E-state index in [-0.39, 0.29) is 6.29 Å². The Labute approximate surface area is 99.9 Å². The molecule has 0 atom stereocenters. The summed E-state index contributed by atoms with van der Waals surface area (Å²) < 4.78 is 11.0. The van der Waals surface area contributed by atoms with Crippen LogP contribution in [0.25, 0.3) is 0 Å². The van der Waals surface area contributed by atoms with Crippen molar-refractivity contribution in [3.8, 4) is 0 Å². The fourth-order valence-corrected chi connectivity index (χ4v) is 2.33. The fourth-order valence-electron chi connectivity index (χ4n) is 2.33. The van der Waals surface area contributed by atoms with Crippen molar-refractivity contribution in [1.82, 2.24) is 5.32 Å². The average molecular weight is 229 g/mol. The monoisotopic (exact) mass is 229 g/mol. The molecule has 0 unspecified atom stereocenters. The van der Waals surface area contributed by atoms with Gasteiger partial charge >= 0.3 is 0 Å². The Hall–Kier alpha value is -0.120. The summed E-state index contributed by atoms with van der Waals surface area (Å²) in [5, 5.41) is 3.47. The van der Waals surface area contributed by atoms with E-state index in [0.29, 0.717) is 0 Å². The Morgan fingerprint density at radius 1 is 1.06 bits per heavy atom. The normalized spacial score (nSPS) is 18.2. The highest BCUT2D eigenvalue weighted by Crippen LogP contribution is 2.22. The first kappa shape index (κ1) is 13.9. The molecule has 1 aliphatic carbocycles. The molecule has 3 heteroatoms. The second-order valence-corrected chi connectivity index (χ2v) is 4.50. The molecule has 1 saturated carbocycles. The second kappa shape index (κ2) is 8.97. The fraction of sp³-hybridized carbons (Fsp3) is 1.00. The Kier molecular flexibility index (Phi) is 7.81. The highest BCUT2D eigenvalue weighted by molar-refractivity contribution is 4.68. The van der Waals surface area contributed by atoms with E-state index in [1.807, 2.05) is 13.8 Å². The zero-order valence-electron chi connectivity index (χ0n) is 10.8. The van der Waals surface area contributed by atoms with Crippen molar-refractivity contribution in [3.63, 3.8) is 0 Å². The molecule has 16 heavy (non-hydrogen) atoms. The topological polar surface area (TPSA) is 30.5 Å². The lowest BCUT2D eigenvalue weighted by Gasteiger charge is -2.23. The molecule has 0 aromatic heterocycles. The van der Waals surface area contributed by atoms with Crippen molar-refractivity contribution >= 4 is 0 Å². The SMILES string of the molecule is CCOC(CNCC1CCCCC1)OCC. The van der Waals surface area contributed by atoms with Gasteiger partial charge in [0.1, 0.15) is 0 Å². The third-order valence-corrected chi connectivity index (χ3v) is 3.17. The minimum atomic E-state index is -0.0707. The highest BCUT2D eigenvalue weighted by Gasteiger charge is 2.14. The van der Waals surface area contributed by atoms with E-state index in [9.17, 15) is 0 Å². The third kappa shape index (κ3) is 5.83. The summed E-state index contributed by atoms with van der Waals surface area (Å²) in [5.41, 5.74) is 0. The van der Waals surface area contributed by atoms with Crippen LogP contribution in [0, 0.1) is 5.92 Å². The van der Waals surface area contributed by atoms with Gasteiger partial charge in [0.2, 0.25) is 0 Å². The van der Waals surface area contributed by atoms with Gasteiger partial charge in [-0.05, 0) is 39.2 Å². The van der Waals surface area contributed by atoms with Crippen LogP contribution in [0.1, 0.15) is 46.0 Å². The molecule has 1 rings (SSSR count). The minimum absolute atomic E-state index is 0.0707. The maximum absolute atomic E-state index is 5.49. The molecule has 0 aromatic carbocycles. The van der Waals surface area contributed by atoms with Crippen molar-refractivity contribution < 1.29 is 9.47 Å². The summed E-state index contributed by atoms with van der Waals surface area (Å²) >= 11 is 0. The van der Waals surface area contributed by atoms with Crippen molar-refractivity contribution in [2.75, 3.05) is 26.3 Å². The minimum Gasteiger partial charge on any atom is -0.352 e. The number of hydrogen-bond donors (Lipinski definition) is 1. The smallest absolute Gasteiger partial charge is 0.169 e. The lowest BCUT2D eigenvalue weighted by molar-refractivity contribution is -0.133. The van der Waals surface area contributed by atoms with Crippen LogP contribution >= 0.6 is 0 Å². The van der Waals surface area contributed by atoms with Crippen molar-refractivity contribution in [3.05, 3.63) is 0 Å². The Balaban J connectivity index is 2.06. The van der Waals surface area contributed by atoms with Crippen molar-refractivity contribution in [2.24, 2.45) is 5.92 Å². The quantitative estimate of drug-likeness (QED) is 0.649. The zero-order chi connectivity index (χ0) is 11.6. The highest BCUT2D eigenvalue weighted by atomic mass is 16.7. The molecule has 0 radical (unpaired) electrons. The molecule has 0 heterocycles. The van der Waals surface area contributed by atoms with Gasteiger partial charge in [0.05, 0.1) is 0 Å². The molecule has 0 spiro atoms. The standard InChI is InChI=1S/C13H27NO2/c1-3-15-13(16-4-2)11-14-10-12-8-6-5-7-9-12/h12-14H,3-11H2,1-2H3. The summed E-state index contributed by atoms with van der Waals surface area (Å²) in [4.78, 5) is 0. The van der Waals surface area contributed by atoms with Gasteiger partial charge in [0.25, 0.3) is 0 Å². The molecular formula is C13H27NO2. The summed E-state index contributed by atoms with van der Waals surface area (Å²) in [6.45, 7) is 7.39. The molecule has 0 bridgehead atoms. The molecule has 0 aliphatic heterocycles. The maximum atomic E-state index is 5.49. The summed E-state index contributed by atoms with van der Waals surface area (Å²) in [6.07, 6.45) is 6.96. The number of hydrogen-bond acceptors (Lipinski definition) is 3. The van der Waals surface area contributed by atoms with E-state index in [2.05, 4.69) is 5.32 Å². The van der Waals surface area contributed by atoms with Crippen molar-refractivity contribution in [2.45, 2.75) is 52.2 Å². The van der Waals surface area contributed by atoms with Crippen LogP contribution < -0.4 is 5.32 Å². The van der Waals surface area contributed by atoms with Gasteiger partial charge in [-0.15, -0.1) is 0 Å². The Bertz CT molecular complexity index is 152. The first-order chi connectivity index (χ1) is 7.86. The van der Waals surface area contributed by atoms with Crippen LogP contribution in [-0.2, 0) is 9.47 Å². The van der Waals surface area contributed by atoms with Gasteiger partial charge in [0, 0.05) is 19.8 Å². The summed E-state index contributed by atoms with van der Waals surface area (Å²) in [5.74, 6) is 0.873. The molecule has 96 valence electrons. The predicted molar refractivity (Wildman–Crippen MR) is 66.5 cm³/mol. The van der Waals surface area contributed by atoms with Crippen LogP contribution in [0.15, 0.2) is 0 Å². The van der Waals surface area contributed by atoms with Crippen LogP contribution in [0.5, 0.6) is 0 Å². The summed E-state index contributed by atoms with van der Waals surface area (Å²) in [6, 6.07) is 0. The number of rotatable bonds is 8. The maximum Gasteiger partial charge on any atom is 0.169 e. The van der Waals surface area contributed by atoms with Gasteiger partial charge < -0.3 is 14.8 Å². The van der Waals surface area contributed by atoms with E-state index in [1.54, 1.807) is 0 Å². The molecule has 1 aliphatic rings. The Morgan fingerprint density at radius 2 is 1.69 bits per heavy atom. The van der Waals surface area contributed by atoms with E-state index in [1.165, 1.54) is 32.1 Å². The van der Waals surface area contributed by atoms with E-state index >= 15 is 0 Å². The molecule has 0 saturated heterocycles. The van der Waals surface area contributed by atoms with E-state index in [4.69, 9.17) is 9.47 Å². The van der Waals surface area contributed by atoms with Gasteiger partial charge in [-0.3, -0.25) is 0 Å². The molecule has 3 nitrogen and oxygen atoms in total. The second-order valence-electron chi connectivity index (χ2n) is 4.50.